The third-order valence-electron chi connectivity index (χ3n) is 4.81. The van der Waals surface area contributed by atoms with E-state index in [2.05, 4.69) is 11.1 Å². The van der Waals surface area contributed by atoms with E-state index in [1.54, 1.807) is 6.20 Å². The minimum atomic E-state index is -0.386. The third kappa shape index (κ3) is 2.93. The summed E-state index contributed by atoms with van der Waals surface area (Å²) in [6, 6.07) is 9.95. The summed E-state index contributed by atoms with van der Waals surface area (Å²) in [5, 5.41) is 0.992. The van der Waals surface area contributed by atoms with Crippen molar-refractivity contribution in [1.82, 2.24) is 9.97 Å². The Morgan fingerprint density at radius 1 is 1.08 bits per heavy atom. The summed E-state index contributed by atoms with van der Waals surface area (Å²) in [5.41, 5.74) is 18.6. The van der Waals surface area contributed by atoms with E-state index in [0.29, 0.717) is 5.69 Å². The summed E-state index contributed by atoms with van der Waals surface area (Å²) in [6.07, 6.45) is 6.21. The Morgan fingerprint density at radius 2 is 1.88 bits per heavy atom. The quantitative estimate of drug-likeness (QED) is 0.771. The number of carbonyl (C=O) groups is 1. The molecule has 0 bridgehead atoms. The van der Waals surface area contributed by atoms with E-state index in [9.17, 15) is 4.79 Å². The Balaban J connectivity index is 1.81. The summed E-state index contributed by atoms with van der Waals surface area (Å²) in [5.74, 6) is -0.386. The lowest BCUT2D eigenvalue weighted by molar-refractivity contribution is -0.117. The zero-order valence-electron chi connectivity index (χ0n) is 14.0. The molecule has 0 saturated carbocycles. The molecule has 0 atom stereocenters. The van der Waals surface area contributed by atoms with Crippen LogP contribution in [0.15, 0.2) is 36.5 Å². The molecule has 1 aliphatic carbocycles. The van der Waals surface area contributed by atoms with E-state index in [1.165, 1.54) is 18.4 Å². The van der Waals surface area contributed by atoms with Gasteiger partial charge in [-0.2, -0.15) is 0 Å². The highest BCUT2D eigenvalue weighted by atomic mass is 16.1. The van der Waals surface area contributed by atoms with Crippen molar-refractivity contribution in [3.05, 3.63) is 53.5 Å². The molecule has 0 saturated heterocycles. The van der Waals surface area contributed by atoms with Gasteiger partial charge in [0.1, 0.15) is 0 Å². The first-order chi connectivity index (χ1) is 12.1. The number of benzene rings is 1. The minimum Gasteiger partial charge on any atom is -0.398 e. The molecule has 1 amide bonds. The van der Waals surface area contributed by atoms with Gasteiger partial charge < -0.3 is 11.5 Å². The second kappa shape index (κ2) is 6.16. The topological polar surface area (TPSA) is 94.9 Å². The van der Waals surface area contributed by atoms with Crippen LogP contribution in [0.3, 0.4) is 0 Å². The van der Waals surface area contributed by atoms with Gasteiger partial charge in [-0.05, 0) is 66.6 Å². The van der Waals surface area contributed by atoms with Gasteiger partial charge in [-0.15, -0.1) is 0 Å². The molecule has 1 aromatic carbocycles. The number of aryl methyl sites for hydroxylation is 1. The Morgan fingerprint density at radius 3 is 2.72 bits per heavy atom. The number of rotatable bonds is 3. The van der Waals surface area contributed by atoms with Gasteiger partial charge >= 0.3 is 0 Å². The Kier molecular flexibility index (Phi) is 3.84. The molecule has 2 aromatic heterocycles. The van der Waals surface area contributed by atoms with Crippen molar-refractivity contribution in [2.45, 2.75) is 32.1 Å². The molecule has 0 spiro atoms. The van der Waals surface area contributed by atoms with Crippen LogP contribution in [0, 0.1) is 0 Å². The first-order valence-corrected chi connectivity index (χ1v) is 8.56. The summed E-state index contributed by atoms with van der Waals surface area (Å²) in [4.78, 5) is 20.1. The number of pyridine rings is 2. The fourth-order valence-electron chi connectivity index (χ4n) is 3.57. The number of primary amides is 1. The van der Waals surface area contributed by atoms with Crippen molar-refractivity contribution in [2.24, 2.45) is 5.73 Å². The molecular weight excluding hydrogens is 312 g/mol. The lowest BCUT2D eigenvalue weighted by Gasteiger charge is -2.19. The van der Waals surface area contributed by atoms with Crippen LogP contribution >= 0.6 is 0 Å². The zero-order valence-corrected chi connectivity index (χ0v) is 14.0. The van der Waals surface area contributed by atoms with Crippen LogP contribution in [0.5, 0.6) is 0 Å². The number of nitrogens with two attached hydrogens (primary N) is 2. The molecule has 5 nitrogen and oxygen atoms in total. The predicted octanol–water partition coefficient (Wildman–Crippen LogP) is 2.79. The van der Waals surface area contributed by atoms with E-state index >= 15 is 0 Å². The van der Waals surface area contributed by atoms with E-state index in [1.807, 2.05) is 24.3 Å². The Labute approximate surface area is 146 Å². The fraction of sp³-hybridized carbons (Fsp3) is 0.250. The van der Waals surface area contributed by atoms with Crippen molar-refractivity contribution in [1.29, 1.82) is 0 Å². The highest BCUT2D eigenvalue weighted by Gasteiger charge is 2.16. The van der Waals surface area contributed by atoms with Gasteiger partial charge in [-0.3, -0.25) is 14.8 Å². The van der Waals surface area contributed by atoms with Crippen molar-refractivity contribution in [3.63, 3.8) is 0 Å². The molecule has 2 heterocycles. The van der Waals surface area contributed by atoms with Gasteiger partial charge in [0.15, 0.2) is 0 Å². The average Bonchev–Trinajstić information content (AvgIpc) is 2.61. The maximum Gasteiger partial charge on any atom is 0.223 e. The lowest BCUT2D eigenvalue weighted by Crippen LogP contribution is -2.14. The van der Waals surface area contributed by atoms with Crippen LogP contribution in [0.1, 0.15) is 29.8 Å². The van der Waals surface area contributed by atoms with Crippen LogP contribution in [0.25, 0.3) is 22.0 Å². The molecule has 0 aliphatic heterocycles. The highest BCUT2D eigenvalue weighted by molar-refractivity contribution is 5.95. The molecule has 126 valence electrons. The van der Waals surface area contributed by atoms with Crippen LogP contribution in [0.4, 0.5) is 5.69 Å². The molecule has 0 radical (unpaired) electrons. The largest absolute Gasteiger partial charge is 0.398 e. The van der Waals surface area contributed by atoms with E-state index in [0.717, 1.165) is 46.3 Å². The first-order valence-electron chi connectivity index (χ1n) is 8.56. The molecule has 4 rings (SSSR count). The van der Waals surface area contributed by atoms with E-state index in [-0.39, 0.29) is 12.3 Å². The van der Waals surface area contributed by atoms with Crippen LogP contribution in [-0.4, -0.2) is 15.9 Å². The predicted molar refractivity (Wildman–Crippen MR) is 98.9 cm³/mol. The maximum atomic E-state index is 11.1. The number of carbonyl (C=O) groups excluding carboxylic acids is 1. The van der Waals surface area contributed by atoms with Crippen LogP contribution in [0.2, 0.25) is 0 Å². The number of nitrogens with zero attached hydrogens (tertiary/aromatic N) is 2. The van der Waals surface area contributed by atoms with Crippen LogP contribution < -0.4 is 11.5 Å². The highest BCUT2D eigenvalue weighted by Crippen LogP contribution is 2.33. The number of aromatic nitrogens is 2. The van der Waals surface area contributed by atoms with Crippen molar-refractivity contribution < 1.29 is 4.79 Å². The Bertz CT molecular complexity index is 981. The lowest BCUT2D eigenvalue weighted by atomic mass is 9.92. The fourth-order valence-corrected chi connectivity index (χ4v) is 3.57. The van der Waals surface area contributed by atoms with Gasteiger partial charge in [-0.1, -0.05) is 6.07 Å². The minimum absolute atomic E-state index is 0.138. The number of hydrogen-bond donors (Lipinski definition) is 2. The number of anilines is 1. The van der Waals surface area contributed by atoms with Crippen molar-refractivity contribution in [2.75, 3.05) is 5.73 Å². The maximum absolute atomic E-state index is 11.1. The van der Waals surface area contributed by atoms with E-state index in [4.69, 9.17) is 16.5 Å². The molecule has 1 aliphatic rings. The second-order valence-corrected chi connectivity index (χ2v) is 6.57. The van der Waals surface area contributed by atoms with Gasteiger partial charge in [0, 0.05) is 23.0 Å². The van der Waals surface area contributed by atoms with Crippen LogP contribution in [-0.2, 0) is 24.1 Å². The first kappa shape index (κ1) is 15.6. The number of amides is 1. The summed E-state index contributed by atoms with van der Waals surface area (Å²) in [7, 11) is 0. The SMILES string of the molecule is NC(=O)Cc1cc(-c2ccc3nc4c(c(N)c3c2)CCCC4)ccn1. The average molecular weight is 332 g/mol. The summed E-state index contributed by atoms with van der Waals surface area (Å²) >= 11 is 0. The second-order valence-electron chi connectivity index (χ2n) is 6.57. The number of nitrogen functional groups attached to an aromatic ring is 1. The van der Waals surface area contributed by atoms with Gasteiger partial charge in [0.2, 0.25) is 5.91 Å². The molecule has 0 unspecified atom stereocenters. The Hall–Kier alpha value is -2.95. The van der Waals surface area contributed by atoms with Crippen molar-refractivity contribution >= 4 is 22.5 Å². The standard InChI is InChI=1S/C20H20N4O/c21-19(25)11-14-9-13(7-8-23-14)12-5-6-18-16(10-12)20(22)15-3-1-2-4-17(15)24-18/h5-10H,1-4,11H2,(H2,21,25)(H2,22,24). The smallest absolute Gasteiger partial charge is 0.223 e. The summed E-state index contributed by atoms with van der Waals surface area (Å²) in [6.45, 7) is 0. The molecule has 0 fully saturated rings. The number of hydrogen-bond acceptors (Lipinski definition) is 4. The van der Waals surface area contributed by atoms with Crippen molar-refractivity contribution in [3.8, 4) is 11.1 Å². The monoisotopic (exact) mass is 332 g/mol. The molecular formula is C20H20N4O. The molecule has 3 aromatic rings. The van der Waals surface area contributed by atoms with E-state index < -0.39 is 0 Å². The zero-order chi connectivity index (χ0) is 17.4. The van der Waals surface area contributed by atoms with Gasteiger partial charge in [0.05, 0.1) is 17.6 Å². The molecule has 5 heteroatoms. The number of fused-ring (bicyclic) bond motifs is 2. The normalized spacial score (nSPS) is 13.6. The molecule has 4 N–H and O–H groups in total. The summed E-state index contributed by atoms with van der Waals surface area (Å²) < 4.78 is 0. The van der Waals surface area contributed by atoms with Gasteiger partial charge in [0.25, 0.3) is 0 Å². The third-order valence-corrected chi connectivity index (χ3v) is 4.81. The molecule has 25 heavy (non-hydrogen) atoms. The van der Waals surface area contributed by atoms with Gasteiger partial charge in [-0.25, -0.2) is 0 Å².